The highest BCUT2D eigenvalue weighted by molar-refractivity contribution is 7.85. The van der Waals surface area contributed by atoms with Gasteiger partial charge in [0.05, 0.1) is 18.0 Å². The molecule has 1 saturated heterocycles. The van der Waals surface area contributed by atoms with Gasteiger partial charge >= 0.3 is 0 Å². The highest BCUT2D eigenvalue weighted by Gasteiger charge is 2.20. The van der Waals surface area contributed by atoms with Gasteiger partial charge in [0.15, 0.2) is 0 Å². The molecule has 1 aliphatic rings. The van der Waals surface area contributed by atoms with E-state index in [1.165, 1.54) is 0 Å². The second-order valence-corrected chi connectivity index (χ2v) is 6.73. The molecule has 3 atom stereocenters. The van der Waals surface area contributed by atoms with Crippen LogP contribution in [0.2, 0.25) is 0 Å². The average molecular weight is 313 g/mol. The van der Waals surface area contributed by atoms with E-state index >= 15 is 0 Å². The van der Waals surface area contributed by atoms with Gasteiger partial charge in [-0.1, -0.05) is 18.2 Å². The summed E-state index contributed by atoms with van der Waals surface area (Å²) >= 11 is 0. The molecule has 1 heterocycles. The summed E-state index contributed by atoms with van der Waals surface area (Å²) < 4.78 is 22.9. The van der Waals surface area contributed by atoms with E-state index in [0.29, 0.717) is 18.0 Å². The molecule has 1 aromatic carbocycles. The largest absolute Gasteiger partial charge is 0.491 e. The van der Waals surface area contributed by atoms with Crippen LogP contribution in [-0.2, 0) is 22.1 Å². The number of benzene rings is 1. The maximum atomic E-state index is 11.9. The SMILES string of the molecule is NCc1ccccc1OCC(O)CS(=O)CC1CCCO1. The van der Waals surface area contributed by atoms with E-state index in [-0.39, 0.29) is 18.5 Å². The zero-order chi connectivity index (χ0) is 15.1. The molecular formula is C15H23NO4S. The quantitative estimate of drug-likeness (QED) is 0.742. The van der Waals surface area contributed by atoms with Crippen LogP contribution in [-0.4, -0.2) is 46.2 Å². The van der Waals surface area contributed by atoms with Gasteiger partial charge in [-0.3, -0.25) is 4.21 Å². The second-order valence-electron chi connectivity index (χ2n) is 5.18. The van der Waals surface area contributed by atoms with Gasteiger partial charge in [-0.15, -0.1) is 0 Å². The number of hydrogen-bond acceptors (Lipinski definition) is 5. The first-order valence-corrected chi connectivity index (χ1v) is 8.73. The van der Waals surface area contributed by atoms with Crippen LogP contribution in [0.15, 0.2) is 24.3 Å². The van der Waals surface area contributed by atoms with Crippen LogP contribution >= 0.6 is 0 Å². The molecule has 1 aliphatic heterocycles. The number of aliphatic hydroxyl groups is 1. The van der Waals surface area contributed by atoms with Crippen molar-refractivity contribution < 1.29 is 18.8 Å². The van der Waals surface area contributed by atoms with E-state index in [4.69, 9.17) is 15.2 Å². The molecule has 0 radical (unpaired) electrons. The lowest BCUT2D eigenvalue weighted by atomic mass is 10.2. The molecule has 0 aromatic heterocycles. The first-order chi connectivity index (χ1) is 10.2. The van der Waals surface area contributed by atoms with Crippen LogP contribution in [0.5, 0.6) is 5.75 Å². The zero-order valence-corrected chi connectivity index (χ0v) is 12.9. The van der Waals surface area contributed by atoms with Crippen molar-refractivity contribution in [2.24, 2.45) is 5.73 Å². The van der Waals surface area contributed by atoms with Crippen molar-refractivity contribution >= 4 is 10.8 Å². The maximum Gasteiger partial charge on any atom is 0.123 e. The molecule has 118 valence electrons. The third-order valence-corrected chi connectivity index (χ3v) is 4.90. The van der Waals surface area contributed by atoms with E-state index in [2.05, 4.69) is 0 Å². The molecule has 21 heavy (non-hydrogen) atoms. The summed E-state index contributed by atoms with van der Waals surface area (Å²) in [5.74, 6) is 1.38. The lowest BCUT2D eigenvalue weighted by Gasteiger charge is -2.15. The molecule has 0 aliphatic carbocycles. The Morgan fingerprint density at radius 1 is 1.48 bits per heavy atom. The molecule has 3 unspecified atom stereocenters. The Hall–Kier alpha value is -0.950. The van der Waals surface area contributed by atoms with Gasteiger partial charge in [-0.2, -0.15) is 0 Å². The summed E-state index contributed by atoms with van der Waals surface area (Å²) in [4.78, 5) is 0. The topological polar surface area (TPSA) is 81.8 Å². The minimum Gasteiger partial charge on any atom is -0.491 e. The van der Waals surface area contributed by atoms with Gasteiger partial charge in [0.2, 0.25) is 0 Å². The van der Waals surface area contributed by atoms with Crippen molar-refractivity contribution in [2.75, 3.05) is 24.7 Å². The van der Waals surface area contributed by atoms with Gasteiger partial charge in [0.1, 0.15) is 12.4 Å². The van der Waals surface area contributed by atoms with E-state index in [9.17, 15) is 9.32 Å². The predicted octanol–water partition coefficient (Wildman–Crippen LogP) is 0.813. The van der Waals surface area contributed by atoms with Crippen molar-refractivity contribution in [3.8, 4) is 5.75 Å². The fourth-order valence-corrected chi connectivity index (χ4v) is 3.65. The molecular weight excluding hydrogens is 290 g/mol. The minimum absolute atomic E-state index is 0.0805. The van der Waals surface area contributed by atoms with E-state index < -0.39 is 16.9 Å². The smallest absolute Gasteiger partial charge is 0.123 e. The summed E-state index contributed by atoms with van der Waals surface area (Å²) in [5, 5.41) is 9.93. The van der Waals surface area contributed by atoms with Crippen molar-refractivity contribution in [2.45, 2.75) is 31.6 Å². The third kappa shape index (κ3) is 5.39. The first kappa shape index (κ1) is 16.4. The van der Waals surface area contributed by atoms with Gasteiger partial charge in [0, 0.05) is 35.3 Å². The summed E-state index contributed by atoms with van der Waals surface area (Å²) in [6.45, 7) is 1.26. The summed E-state index contributed by atoms with van der Waals surface area (Å²) in [6.07, 6.45) is 1.32. The monoisotopic (exact) mass is 313 g/mol. The molecule has 2 rings (SSSR count). The molecule has 1 fully saturated rings. The molecule has 0 spiro atoms. The third-order valence-electron chi connectivity index (χ3n) is 3.40. The van der Waals surface area contributed by atoms with Crippen molar-refractivity contribution in [3.63, 3.8) is 0 Å². The average Bonchev–Trinajstić information content (AvgIpc) is 2.98. The molecule has 6 heteroatoms. The Kier molecular flexibility index (Phi) is 6.63. The molecule has 3 N–H and O–H groups in total. The van der Waals surface area contributed by atoms with Gasteiger partial charge in [-0.25, -0.2) is 0 Å². The maximum absolute atomic E-state index is 11.9. The van der Waals surface area contributed by atoms with Gasteiger partial charge in [-0.05, 0) is 18.9 Å². The predicted molar refractivity (Wildman–Crippen MR) is 82.7 cm³/mol. The second kappa shape index (κ2) is 8.48. The first-order valence-electron chi connectivity index (χ1n) is 7.24. The lowest BCUT2D eigenvalue weighted by molar-refractivity contribution is 0.121. The van der Waals surface area contributed by atoms with Crippen molar-refractivity contribution in [3.05, 3.63) is 29.8 Å². The highest BCUT2D eigenvalue weighted by atomic mass is 32.2. The molecule has 5 nitrogen and oxygen atoms in total. The lowest BCUT2D eigenvalue weighted by Crippen LogP contribution is -2.28. The Bertz CT molecular complexity index is 463. The van der Waals surface area contributed by atoms with Crippen LogP contribution in [0.1, 0.15) is 18.4 Å². The van der Waals surface area contributed by atoms with Gasteiger partial charge < -0.3 is 20.3 Å². The fourth-order valence-electron chi connectivity index (χ4n) is 2.31. The standard InChI is InChI=1S/C15H23NO4S/c16-8-12-4-1-2-6-15(12)20-9-13(17)10-21(18)11-14-5-3-7-19-14/h1-2,4,6,13-14,17H,3,5,7-11,16H2. The summed E-state index contributed by atoms with van der Waals surface area (Å²) in [5.41, 5.74) is 6.52. The Morgan fingerprint density at radius 3 is 3.00 bits per heavy atom. The van der Waals surface area contributed by atoms with Crippen molar-refractivity contribution in [1.82, 2.24) is 0 Å². The number of nitrogens with two attached hydrogens (primary N) is 1. The Labute approximate surface area is 127 Å². The van der Waals surface area contributed by atoms with E-state index in [1.807, 2.05) is 24.3 Å². The van der Waals surface area contributed by atoms with Crippen LogP contribution in [0, 0.1) is 0 Å². The zero-order valence-electron chi connectivity index (χ0n) is 12.1. The summed E-state index contributed by atoms with van der Waals surface area (Å²) in [7, 11) is -1.08. The van der Waals surface area contributed by atoms with Gasteiger partial charge in [0.25, 0.3) is 0 Å². The highest BCUT2D eigenvalue weighted by Crippen LogP contribution is 2.17. The Morgan fingerprint density at radius 2 is 2.29 bits per heavy atom. The molecule has 0 saturated carbocycles. The number of para-hydroxylation sites is 1. The van der Waals surface area contributed by atoms with Crippen LogP contribution < -0.4 is 10.5 Å². The molecule has 0 bridgehead atoms. The van der Waals surface area contributed by atoms with Crippen LogP contribution in [0.4, 0.5) is 0 Å². The summed E-state index contributed by atoms with van der Waals surface area (Å²) in [6, 6.07) is 7.45. The van der Waals surface area contributed by atoms with E-state index in [1.54, 1.807) is 0 Å². The number of aliphatic hydroxyl groups excluding tert-OH is 1. The van der Waals surface area contributed by atoms with Crippen LogP contribution in [0.3, 0.4) is 0 Å². The molecule has 1 aromatic rings. The number of ether oxygens (including phenoxy) is 2. The number of rotatable bonds is 8. The number of hydrogen-bond donors (Lipinski definition) is 2. The normalized spacial score (nSPS) is 21.1. The van der Waals surface area contributed by atoms with Crippen molar-refractivity contribution in [1.29, 1.82) is 0 Å². The molecule has 0 amide bonds. The fraction of sp³-hybridized carbons (Fsp3) is 0.600. The van der Waals surface area contributed by atoms with E-state index in [0.717, 1.165) is 25.0 Å². The minimum atomic E-state index is -1.08. The van der Waals surface area contributed by atoms with Crippen LogP contribution in [0.25, 0.3) is 0 Å². The Balaban J connectivity index is 1.73.